The van der Waals surface area contributed by atoms with E-state index in [0.717, 1.165) is 38.8 Å². The summed E-state index contributed by atoms with van der Waals surface area (Å²) in [6.45, 7) is 2.07. The third-order valence-electron chi connectivity index (χ3n) is 4.61. The van der Waals surface area contributed by atoms with Crippen LogP contribution in [0, 0.1) is 5.92 Å². The number of sulfonamides is 1. The highest BCUT2D eigenvalue weighted by molar-refractivity contribution is 7.89. The van der Waals surface area contributed by atoms with Crippen LogP contribution in [-0.4, -0.2) is 69.1 Å². The number of hydrogen-bond acceptors (Lipinski definition) is 4. The molecule has 0 spiro atoms. The summed E-state index contributed by atoms with van der Waals surface area (Å²) in [5.41, 5.74) is 0. The highest BCUT2D eigenvalue weighted by Gasteiger charge is 2.31. The van der Waals surface area contributed by atoms with Crippen LogP contribution in [0.2, 0.25) is 0 Å². The minimum atomic E-state index is -3.12. The number of carbonyl (C=O) groups is 1. The van der Waals surface area contributed by atoms with Gasteiger partial charge in [0.1, 0.15) is 0 Å². The number of piperidine rings is 1. The first-order valence-electron chi connectivity index (χ1n) is 7.82. The minimum absolute atomic E-state index is 0.126. The fourth-order valence-corrected chi connectivity index (χ4v) is 3.53. The summed E-state index contributed by atoms with van der Waals surface area (Å²) in [7, 11) is -0.0131. The summed E-state index contributed by atoms with van der Waals surface area (Å²) in [4.78, 5) is 14.1. The molecule has 0 aromatic rings. The van der Waals surface area contributed by atoms with Crippen molar-refractivity contribution < 1.29 is 13.2 Å². The minimum Gasteiger partial charge on any atom is -0.342 e. The molecule has 0 atom stereocenters. The van der Waals surface area contributed by atoms with Gasteiger partial charge in [0.25, 0.3) is 0 Å². The Balaban J connectivity index is 1.66. The molecule has 122 valence electrons. The van der Waals surface area contributed by atoms with E-state index in [2.05, 4.69) is 5.32 Å². The fourth-order valence-electron chi connectivity index (χ4n) is 2.79. The molecule has 2 rings (SSSR count). The zero-order chi connectivity index (χ0) is 15.5. The number of likely N-dealkylation sites (tertiary alicyclic amines) is 1. The summed E-state index contributed by atoms with van der Waals surface area (Å²) < 4.78 is 24.6. The highest BCUT2D eigenvalue weighted by atomic mass is 32.2. The number of carbonyl (C=O) groups excluding carboxylic acids is 1. The molecule has 1 aliphatic carbocycles. The molecule has 1 amide bonds. The van der Waals surface area contributed by atoms with Gasteiger partial charge in [-0.05, 0) is 25.7 Å². The predicted octanol–water partition coefficient (Wildman–Crippen LogP) is 0.259. The quantitative estimate of drug-likeness (QED) is 0.763. The van der Waals surface area contributed by atoms with Crippen molar-refractivity contribution in [1.29, 1.82) is 0 Å². The van der Waals surface area contributed by atoms with E-state index in [9.17, 15) is 13.2 Å². The topological polar surface area (TPSA) is 69.7 Å². The van der Waals surface area contributed by atoms with Crippen LogP contribution in [0.15, 0.2) is 0 Å². The van der Waals surface area contributed by atoms with Gasteiger partial charge in [0.15, 0.2) is 0 Å². The lowest BCUT2D eigenvalue weighted by Gasteiger charge is -2.36. The first-order valence-corrected chi connectivity index (χ1v) is 9.43. The Hall–Kier alpha value is -0.660. The summed E-state index contributed by atoms with van der Waals surface area (Å²) in [5.74, 6) is 0.732. The molecule has 1 aliphatic heterocycles. The molecule has 7 heteroatoms. The number of hydrogen-bond donors (Lipinski definition) is 1. The Bertz CT molecular complexity index is 452. The van der Waals surface area contributed by atoms with Crippen LogP contribution in [-0.2, 0) is 14.8 Å². The van der Waals surface area contributed by atoms with Gasteiger partial charge >= 0.3 is 0 Å². The molecular weight excluding hydrogens is 290 g/mol. The van der Waals surface area contributed by atoms with Crippen molar-refractivity contribution in [1.82, 2.24) is 14.5 Å². The van der Waals surface area contributed by atoms with Gasteiger partial charge in [0, 0.05) is 45.7 Å². The van der Waals surface area contributed by atoms with Gasteiger partial charge in [-0.25, -0.2) is 12.7 Å². The average molecular weight is 317 g/mol. The summed E-state index contributed by atoms with van der Waals surface area (Å²) in [6.07, 6.45) is 5.13. The zero-order valence-corrected chi connectivity index (χ0v) is 13.9. The van der Waals surface area contributed by atoms with E-state index in [1.807, 2.05) is 4.90 Å². The molecule has 1 saturated heterocycles. The van der Waals surface area contributed by atoms with Gasteiger partial charge in [0.2, 0.25) is 15.9 Å². The van der Waals surface area contributed by atoms with Crippen LogP contribution in [0.25, 0.3) is 0 Å². The van der Waals surface area contributed by atoms with E-state index >= 15 is 0 Å². The number of amides is 1. The highest BCUT2D eigenvalue weighted by Crippen LogP contribution is 2.29. The molecule has 0 unspecified atom stereocenters. The maximum Gasteiger partial charge on any atom is 0.225 e. The van der Waals surface area contributed by atoms with Crippen molar-refractivity contribution in [2.24, 2.45) is 5.92 Å². The van der Waals surface area contributed by atoms with E-state index < -0.39 is 10.0 Å². The molecule has 1 saturated carbocycles. The maximum absolute atomic E-state index is 12.1. The molecule has 1 heterocycles. The molecule has 0 bridgehead atoms. The molecule has 0 aromatic carbocycles. The van der Waals surface area contributed by atoms with Crippen molar-refractivity contribution in [3.05, 3.63) is 0 Å². The SMILES string of the molecule is CN(C)S(=O)(=O)CCNC1CCN(C(=O)C2CCC2)CC1. The van der Waals surface area contributed by atoms with Crippen molar-refractivity contribution in [3.8, 4) is 0 Å². The summed E-state index contributed by atoms with van der Waals surface area (Å²) in [5, 5.41) is 3.31. The summed E-state index contributed by atoms with van der Waals surface area (Å²) >= 11 is 0. The van der Waals surface area contributed by atoms with Gasteiger partial charge < -0.3 is 10.2 Å². The Morgan fingerprint density at radius 1 is 1.19 bits per heavy atom. The van der Waals surface area contributed by atoms with Crippen LogP contribution in [0.1, 0.15) is 32.1 Å². The Kier molecular flexibility index (Phi) is 5.62. The van der Waals surface area contributed by atoms with E-state index in [4.69, 9.17) is 0 Å². The first-order chi connectivity index (χ1) is 9.90. The van der Waals surface area contributed by atoms with E-state index in [1.165, 1.54) is 10.7 Å². The lowest BCUT2D eigenvalue weighted by atomic mass is 9.84. The molecule has 6 nitrogen and oxygen atoms in total. The first kappa shape index (κ1) is 16.7. The van der Waals surface area contributed by atoms with E-state index in [-0.39, 0.29) is 11.7 Å². The second-order valence-corrected chi connectivity index (χ2v) is 8.58. The predicted molar refractivity (Wildman–Crippen MR) is 82.4 cm³/mol. The smallest absolute Gasteiger partial charge is 0.225 e. The second kappa shape index (κ2) is 7.07. The van der Waals surface area contributed by atoms with Crippen LogP contribution < -0.4 is 5.32 Å². The van der Waals surface area contributed by atoms with E-state index in [0.29, 0.717) is 18.5 Å². The van der Waals surface area contributed by atoms with Crippen LogP contribution in [0.5, 0.6) is 0 Å². The molecular formula is C14H27N3O3S. The largest absolute Gasteiger partial charge is 0.342 e. The monoisotopic (exact) mass is 317 g/mol. The Morgan fingerprint density at radius 2 is 1.81 bits per heavy atom. The Morgan fingerprint density at radius 3 is 2.29 bits per heavy atom. The fraction of sp³-hybridized carbons (Fsp3) is 0.929. The molecule has 2 fully saturated rings. The van der Waals surface area contributed by atoms with Gasteiger partial charge in [-0.2, -0.15) is 0 Å². The van der Waals surface area contributed by atoms with E-state index in [1.54, 1.807) is 14.1 Å². The lowest BCUT2D eigenvalue weighted by molar-refractivity contribution is -0.139. The Labute approximate surface area is 127 Å². The van der Waals surface area contributed by atoms with Gasteiger partial charge in [-0.15, -0.1) is 0 Å². The van der Waals surface area contributed by atoms with Gasteiger partial charge in [-0.1, -0.05) is 6.42 Å². The molecule has 21 heavy (non-hydrogen) atoms. The van der Waals surface area contributed by atoms with Crippen LogP contribution >= 0.6 is 0 Å². The maximum atomic E-state index is 12.1. The van der Waals surface area contributed by atoms with Crippen LogP contribution in [0.3, 0.4) is 0 Å². The third-order valence-corrected chi connectivity index (χ3v) is 6.44. The van der Waals surface area contributed by atoms with Crippen LogP contribution in [0.4, 0.5) is 0 Å². The standard InChI is InChI=1S/C14H27N3O3S/c1-16(2)21(19,20)11-8-15-13-6-9-17(10-7-13)14(18)12-4-3-5-12/h12-13,15H,3-11H2,1-2H3. The van der Waals surface area contributed by atoms with Crippen molar-refractivity contribution >= 4 is 15.9 Å². The van der Waals surface area contributed by atoms with Crippen molar-refractivity contribution in [2.45, 2.75) is 38.1 Å². The van der Waals surface area contributed by atoms with Gasteiger partial charge in [-0.3, -0.25) is 4.79 Å². The number of nitrogens with one attached hydrogen (secondary N) is 1. The third kappa shape index (κ3) is 4.40. The molecule has 0 radical (unpaired) electrons. The van der Waals surface area contributed by atoms with Gasteiger partial charge in [0.05, 0.1) is 5.75 Å². The molecule has 2 aliphatic rings. The van der Waals surface area contributed by atoms with Crippen molar-refractivity contribution in [3.63, 3.8) is 0 Å². The lowest BCUT2D eigenvalue weighted by Crippen LogP contribution is -2.48. The van der Waals surface area contributed by atoms with Crippen molar-refractivity contribution in [2.75, 3.05) is 39.5 Å². The summed E-state index contributed by atoms with van der Waals surface area (Å²) in [6, 6.07) is 0.327. The average Bonchev–Trinajstić information content (AvgIpc) is 2.37. The normalized spacial score (nSPS) is 21.6. The second-order valence-electron chi connectivity index (χ2n) is 6.28. The molecule has 1 N–H and O–H groups in total. The number of rotatable bonds is 6. The zero-order valence-electron chi connectivity index (χ0n) is 13.0. The molecule has 0 aromatic heterocycles. The number of nitrogens with zero attached hydrogens (tertiary/aromatic N) is 2.